The number of amides is 1. The summed E-state index contributed by atoms with van der Waals surface area (Å²) in [4.78, 5) is 15.1. The summed E-state index contributed by atoms with van der Waals surface area (Å²) in [6, 6.07) is 0.180. The Balaban J connectivity index is 0.00000140. The Morgan fingerprint density at radius 1 is 1.10 bits per heavy atom. The van der Waals surface area contributed by atoms with Gasteiger partial charge in [-0.3, -0.25) is 4.79 Å². The van der Waals surface area contributed by atoms with E-state index in [4.69, 9.17) is 17.2 Å². The zero-order valence-corrected chi connectivity index (χ0v) is 28.1. The molecule has 0 radical (unpaired) electrons. The number of carbonyl (C=O) groups is 1. The molecule has 0 aromatic heterocycles. The normalized spacial score (nSPS) is 21.9. The molecule has 1 aliphatic heterocycles. The molecule has 2 atom stereocenters. The second kappa shape index (κ2) is 24.8. The molecule has 1 amide bonds. The van der Waals surface area contributed by atoms with E-state index < -0.39 is 0 Å². The Morgan fingerprint density at radius 3 is 2.17 bits per heavy atom. The molecular weight excluding hydrogens is 528 g/mol. The van der Waals surface area contributed by atoms with Crippen LogP contribution in [0.5, 0.6) is 0 Å². The molecule has 1 unspecified atom stereocenters. The first-order chi connectivity index (χ1) is 19.8. The van der Waals surface area contributed by atoms with E-state index in [2.05, 4.69) is 55.5 Å². The Labute approximate surface area is 259 Å². The summed E-state index contributed by atoms with van der Waals surface area (Å²) < 4.78 is 0. The van der Waals surface area contributed by atoms with Gasteiger partial charge in [-0.25, -0.2) is 0 Å². The van der Waals surface area contributed by atoms with Gasteiger partial charge in [0.05, 0.1) is 12.4 Å². The van der Waals surface area contributed by atoms with Crippen LogP contribution >= 0.6 is 12.6 Å². The summed E-state index contributed by atoms with van der Waals surface area (Å²) in [5.74, 6) is 2.98. The molecule has 3 aliphatic rings. The van der Waals surface area contributed by atoms with Crippen molar-refractivity contribution in [2.45, 2.75) is 124 Å². The molecule has 2 aliphatic carbocycles. The van der Waals surface area contributed by atoms with Crippen LogP contribution in [0.4, 0.5) is 0 Å². The van der Waals surface area contributed by atoms with Crippen molar-refractivity contribution in [3.63, 3.8) is 0 Å². The third-order valence-corrected chi connectivity index (χ3v) is 8.23. The van der Waals surface area contributed by atoms with E-state index in [1.807, 2.05) is 13.8 Å². The fraction of sp³-hybridized carbons (Fsp3) is 0.788. The minimum absolute atomic E-state index is 0.156. The maximum atomic E-state index is 12.7. The summed E-state index contributed by atoms with van der Waals surface area (Å²) in [5.41, 5.74) is 19.3. The molecule has 8 heteroatoms. The van der Waals surface area contributed by atoms with Crippen molar-refractivity contribution in [3.8, 4) is 0 Å². The molecule has 8 N–H and O–H groups in total. The van der Waals surface area contributed by atoms with E-state index in [1.54, 1.807) is 5.57 Å². The van der Waals surface area contributed by atoms with Crippen molar-refractivity contribution in [2.75, 3.05) is 26.2 Å². The Morgan fingerprint density at radius 2 is 1.68 bits per heavy atom. The first kappa shape index (κ1) is 39.2. The van der Waals surface area contributed by atoms with Crippen LogP contribution in [0.3, 0.4) is 0 Å². The number of unbranched alkanes of at least 4 members (excludes halogenated alkanes) is 1. The van der Waals surface area contributed by atoms with Crippen molar-refractivity contribution in [1.82, 2.24) is 15.5 Å². The molecule has 3 rings (SSSR count). The predicted molar refractivity (Wildman–Crippen MR) is 182 cm³/mol. The van der Waals surface area contributed by atoms with E-state index in [0.29, 0.717) is 18.3 Å². The van der Waals surface area contributed by atoms with Crippen LogP contribution in [-0.2, 0) is 4.79 Å². The topological polar surface area (TPSA) is 122 Å². The van der Waals surface area contributed by atoms with Crippen molar-refractivity contribution in [3.05, 3.63) is 35.3 Å². The van der Waals surface area contributed by atoms with Crippen molar-refractivity contribution in [1.29, 1.82) is 0 Å². The molecule has 0 spiro atoms. The summed E-state index contributed by atoms with van der Waals surface area (Å²) in [6.45, 7) is 17.3. The van der Waals surface area contributed by atoms with Crippen LogP contribution in [0.2, 0.25) is 0 Å². The third kappa shape index (κ3) is 18.4. The van der Waals surface area contributed by atoms with Crippen LogP contribution < -0.4 is 27.8 Å². The van der Waals surface area contributed by atoms with Crippen molar-refractivity contribution >= 4 is 18.5 Å². The van der Waals surface area contributed by atoms with Gasteiger partial charge in [0.2, 0.25) is 5.91 Å². The lowest BCUT2D eigenvalue weighted by Gasteiger charge is -2.29. The van der Waals surface area contributed by atoms with Gasteiger partial charge in [-0.05, 0) is 94.7 Å². The number of hydrogen-bond acceptors (Lipinski definition) is 7. The summed E-state index contributed by atoms with van der Waals surface area (Å²) >= 11 is 3.61. The Hall–Kier alpha value is -1.80. The van der Waals surface area contributed by atoms with E-state index in [0.717, 1.165) is 44.3 Å². The van der Waals surface area contributed by atoms with Crippen LogP contribution in [-0.4, -0.2) is 43.0 Å². The highest BCUT2D eigenvalue weighted by atomic mass is 32.1. The maximum absolute atomic E-state index is 12.7. The standard InChI is InChI=1S/C25H45N5O.C4H10.C2H5NS.C2H6/c1-18(4-3-14-28-19(2)27)29-24(31)17-30-15-13-23(25(30)22-11-12-22)10-9-20-5-7-21(16-26)8-6-20;1-3-4-2;3-1-2-4;1-2/h18,20-21,23,28H,2-17,26-27H2,1H3,(H,29,31);3-4H2,1-2H3;1-2,4H,3H2;1-2H3/b;;2-1-;/t18-,20?,21?,23?;;;/m1.../s1. The molecule has 0 aromatic carbocycles. The van der Waals surface area contributed by atoms with Crippen molar-refractivity contribution in [2.24, 2.45) is 35.0 Å². The fourth-order valence-electron chi connectivity index (χ4n) is 5.52. The molecule has 0 bridgehead atoms. The minimum Gasteiger partial charge on any atom is -0.404 e. The van der Waals surface area contributed by atoms with Gasteiger partial charge in [0.15, 0.2) is 0 Å². The van der Waals surface area contributed by atoms with Gasteiger partial charge in [-0.2, -0.15) is 0 Å². The quantitative estimate of drug-likeness (QED) is 0.109. The molecule has 41 heavy (non-hydrogen) atoms. The lowest BCUT2D eigenvalue weighted by molar-refractivity contribution is -0.122. The number of nitrogens with two attached hydrogens (primary N) is 3. The zero-order valence-electron chi connectivity index (χ0n) is 27.2. The van der Waals surface area contributed by atoms with Gasteiger partial charge in [0.1, 0.15) is 0 Å². The number of hydrogen-bond donors (Lipinski definition) is 6. The largest absolute Gasteiger partial charge is 0.404 e. The Kier molecular flexibility index (Phi) is 23.7. The average Bonchev–Trinajstić information content (AvgIpc) is 3.75. The smallest absolute Gasteiger partial charge is 0.239 e. The number of nitrogens with one attached hydrogen (secondary N) is 2. The molecule has 3 fully saturated rings. The fourth-order valence-corrected chi connectivity index (χ4v) is 5.52. The summed E-state index contributed by atoms with van der Waals surface area (Å²) in [7, 11) is 0. The highest BCUT2D eigenvalue weighted by Crippen LogP contribution is 2.43. The van der Waals surface area contributed by atoms with Crippen LogP contribution in [0.15, 0.2) is 35.3 Å². The SMILES string of the molecule is C=C(N)NCCC[C@@H](C)NC(=O)CN1CCC(CCC2CCC(CN)CC2)C1=C1CC1.CC.CCCC.N/C=C\S. The van der Waals surface area contributed by atoms with Gasteiger partial charge >= 0.3 is 0 Å². The third-order valence-electron chi connectivity index (χ3n) is 8.05. The van der Waals surface area contributed by atoms with Crippen LogP contribution in [0.25, 0.3) is 0 Å². The number of rotatable bonds is 13. The number of thiol groups is 1. The molecular formula is C33H66N6OS. The van der Waals surface area contributed by atoms with Gasteiger partial charge < -0.3 is 32.7 Å². The highest BCUT2D eigenvalue weighted by Gasteiger charge is 2.35. The first-order valence-electron chi connectivity index (χ1n) is 16.4. The number of carbonyl (C=O) groups excluding carboxylic acids is 1. The Bertz CT molecular complexity index is 736. The van der Waals surface area contributed by atoms with E-state index >= 15 is 0 Å². The van der Waals surface area contributed by atoms with E-state index in [1.165, 1.54) is 87.9 Å². The van der Waals surface area contributed by atoms with Crippen LogP contribution in [0.1, 0.15) is 118 Å². The highest BCUT2D eigenvalue weighted by molar-refractivity contribution is 7.83. The van der Waals surface area contributed by atoms with E-state index in [-0.39, 0.29) is 11.9 Å². The number of nitrogens with zero attached hydrogens (tertiary/aromatic N) is 1. The summed E-state index contributed by atoms with van der Waals surface area (Å²) in [5, 5.41) is 7.69. The predicted octanol–water partition coefficient (Wildman–Crippen LogP) is 6.38. The summed E-state index contributed by atoms with van der Waals surface area (Å²) in [6.07, 6.45) is 17.6. The molecule has 1 saturated heterocycles. The minimum atomic E-state index is 0.156. The molecule has 2 saturated carbocycles. The van der Waals surface area contributed by atoms with Gasteiger partial charge in [0, 0.05) is 30.7 Å². The van der Waals surface area contributed by atoms with E-state index in [9.17, 15) is 4.79 Å². The molecule has 7 nitrogen and oxygen atoms in total. The molecule has 240 valence electrons. The van der Waals surface area contributed by atoms with Gasteiger partial charge in [-0.1, -0.05) is 65.5 Å². The molecule has 1 heterocycles. The van der Waals surface area contributed by atoms with Gasteiger partial charge in [-0.15, -0.1) is 12.6 Å². The average molecular weight is 595 g/mol. The van der Waals surface area contributed by atoms with Crippen molar-refractivity contribution < 1.29 is 4.79 Å². The lowest BCUT2D eigenvalue weighted by atomic mass is 9.78. The zero-order chi connectivity index (χ0) is 31.0. The maximum Gasteiger partial charge on any atom is 0.239 e. The second-order valence-electron chi connectivity index (χ2n) is 11.5. The van der Waals surface area contributed by atoms with Crippen LogP contribution in [0, 0.1) is 17.8 Å². The van der Waals surface area contributed by atoms with Gasteiger partial charge in [0.25, 0.3) is 0 Å². The number of allylic oxidation sites excluding steroid dienone is 2. The first-order valence-corrected chi connectivity index (χ1v) is 17.0. The second-order valence-corrected chi connectivity index (χ2v) is 11.8. The number of likely N-dealkylation sites (tertiary alicyclic amines) is 1. The monoisotopic (exact) mass is 595 g/mol. The molecule has 0 aromatic rings. The lowest BCUT2D eigenvalue weighted by Crippen LogP contribution is -2.40.